The average molecular weight is 473 g/mol. The van der Waals surface area contributed by atoms with Gasteiger partial charge in [-0.25, -0.2) is 8.78 Å². The van der Waals surface area contributed by atoms with Crippen LogP contribution in [0.15, 0.2) is 76.8 Å². The fourth-order valence-electron chi connectivity index (χ4n) is 2.52. The van der Waals surface area contributed by atoms with E-state index in [-0.39, 0.29) is 22.7 Å². The maximum Gasteiger partial charge on any atom is 0.261 e. The Kier molecular flexibility index (Phi) is 6.58. The number of nitrogens with one attached hydrogen (secondary N) is 2. The third-order valence-corrected chi connectivity index (χ3v) is 4.65. The van der Waals surface area contributed by atoms with Crippen LogP contribution in [0.3, 0.4) is 0 Å². The van der Waals surface area contributed by atoms with E-state index in [2.05, 4.69) is 26.6 Å². The lowest BCUT2D eigenvalue weighted by Crippen LogP contribution is -2.26. The van der Waals surface area contributed by atoms with Crippen LogP contribution in [-0.4, -0.2) is 16.9 Å². The minimum atomic E-state index is -0.891. The van der Waals surface area contributed by atoms with E-state index in [9.17, 15) is 23.5 Å². The number of carbonyl (C=O) groups is 2. The fraction of sp³-hybridized carbons (Fsp3) is 0. The number of amides is 2. The minimum absolute atomic E-state index is 0.0275. The molecule has 0 aliphatic rings. The molecule has 0 saturated heterocycles. The Morgan fingerprint density at radius 1 is 0.833 bits per heavy atom. The standard InChI is InChI=1S/C22H15BrF2N2O3/c23-15-12-13(9-10-20(15)28)11-14(21(29)26-18-7-3-1-5-16(18)24)22(30)27-19-8-4-2-6-17(19)25/h1-12,28H,(H,26,29)(H,27,30). The summed E-state index contributed by atoms with van der Waals surface area (Å²) in [6.07, 6.45) is 1.25. The topological polar surface area (TPSA) is 78.4 Å². The first-order chi connectivity index (χ1) is 14.3. The van der Waals surface area contributed by atoms with Crippen LogP contribution in [0, 0.1) is 11.6 Å². The fourth-order valence-corrected chi connectivity index (χ4v) is 2.91. The molecule has 8 heteroatoms. The number of hydrogen-bond donors (Lipinski definition) is 3. The lowest BCUT2D eigenvalue weighted by Gasteiger charge is -2.11. The van der Waals surface area contributed by atoms with Crippen molar-refractivity contribution in [2.45, 2.75) is 0 Å². The van der Waals surface area contributed by atoms with Gasteiger partial charge in [0, 0.05) is 0 Å². The second-order valence-electron chi connectivity index (χ2n) is 6.14. The van der Waals surface area contributed by atoms with Crippen LogP contribution < -0.4 is 10.6 Å². The number of carbonyl (C=O) groups excluding carboxylic acids is 2. The molecule has 0 saturated carbocycles. The first kappa shape index (κ1) is 21.2. The molecule has 3 aromatic rings. The van der Waals surface area contributed by atoms with Crippen LogP contribution in [-0.2, 0) is 9.59 Å². The zero-order valence-electron chi connectivity index (χ0n) is 15.3. The summed E-state index contributed by atoms with van der Waals surface area (Å²) < 4.78 is 28.2. The van der Waals surface area contributed by atoms with E-state index in [1.807, 2.05) is 0 Å². The van der Waals surface area contributed by atoms with E-state index in [1.54, 1.807) is 0 Å². The molecule has 0 radical (unpaired) electrons. The summed E-state index contributed by atoms with van der Waals surface area (Å²) in [5.74, 6) is -3.16. The van der Waals surface area contributed by atoms with Crippen molar-refractivity contribution in [3.05, 3.63) is 94.0 Å². The second kappa shape index (κ2) is 9.32. The van der Waals surface area contributed by atoms with Crippen molar-refractivity contribution in [2.24, 2.45) is 0 Å². The highest BCUT2D eigenvalue weighted by molar-refractivity contribution is 9.10. The SMILES string of the molecule is O=C(Nc1ccccc1F)C(=Cc1ccc(O)c(Br)c1)C(=O)Nc1ccccc1F. The first-order valence-corrected chi connectivity index (χ1v) is 9.46. The van der Waals surface area contributed by atoms with Gasteiger partial charge in [0.2, 0.25) is 0 Å². The molecule has 0 fully saturated rings. The van der Waals surface area contributed by atoms with Gasteiger partial charge in [0.1, 0.15) is 23.0 Å². The average Bonchev–Trinajstić information content (AvgIpc) is 2.72. The third kappa shape index (κ3) is 5.09. The van der Waals surface area contributed by atoms with Gasteiger partial charge in [0.15, 0.2) is 0 Å². The molecule has 0 bridgehead atoms. The van der Waals surface area contributed by atoms with Crippen LogP contribution in [0.2, 0.25) is 0 Å². The molecular weight excluding hydrogens is 458 g/mol. The largest absolute Gasteiger partial charge is 0.507 e. The Bertz CT molecular complexity index is 1090. The van der Waals surface area contributed by atoms with Crippen molar-refractivity contribution < 1.29 is 23.5 Å². The second-order valence-corrected chi connectivity index (χ2v) is 6.99. The third-order valence-electron chi connectivity index (χ3n) is 4.02. The summed E-state index contributed by atoms with van der Waals surface area (Å²) in [5, 5.41) is 14.3. The predicted octanol–water partition coefficient (Wildman–Crippen LogP) is 5.09. The zero-order chi connectivity index (χ0) is 21.7. The Morgan fingerprint density at radius 3 is 1.80 bits per heavy atom. The van der Waals surface area contributed by atoms with Crippen LogP contribution in [0.5, 0.6) is 5.75 Å². The number of benzene rings is 3. The van der Waals surface area contributed by atoms with Gasteiger partial charge in [-0.3, -0.25) is 9.59 Å². The summed E-state index contributed by atoms with van der Waals surface area (Å²) >= 11 is 3.16. The highest BCUT2D eigenvalue weighted by atomic mass is 79.9. The number of phenolic OH excluding ortho intramolecular Hbond substituents is 1. The molecule has 3 N–H and O–H groups in total. The van der Waals surface area contributed by atoms with Gasteiger partial charge in [-0.1, -0.05) is 30.3 Å². The van der Waals surface area contributed by atoms with E-state index >= 15 is 0 Å². The molecule has 0 unspecified atom stereocenters. The highest BCUT2D eigenvalue weighted by Gasteiger charge is 2.21. The Morgan fingerprint density at radius 2 is 1.33 bits per heavy atom. The number of anilines is 2. The number of para-hydroxylation sites is 2. The summed E-state index contributed by atoms with van der Waals surface area (Å²) in [7, 11) is 0. The van der Waals surface area contributed by atoms with E-state index < -0.39 is 23.4 Å². The molecular formula is C22H15BrF2N2O3. The van der Waals surface area contributed by atoms with Gasteiger partial charge in [0.05, 0.1) is 15.8 Å². The zero-order valence-corrected chi connectivity index (χ0v) is 16.9. The van der Waals surface area contributed by atoms with Crippen LogP contribution in [0.4, 0.5) is 20.2 Å². The lowest BCUT2D eigenvalue weighted by molar-refractivity contribution is -0.118. The molecule has 152 valence electrons. The van der Waals surface area contributed by atoms with Crippen molar-refractivity contribution in [1.29, 1.82) is 0 Å². The number of rotatable bonds is 5. The summed E-state index contributed by atoms with van der Waals surface area (Å²) in [4.78, 5) is 25.6. The van der Waals surface area contributed by atoms with Crippen LogP contribution in [0.1, 0.15) is 5.56 Å². The van der Waals surface area contributed by atoms with E-state index in [0.29, 0.717) is 10.0 Å². The molecule has 0 aliphatic heterocycles. The van der Waals surface area contributed by atoms with Crippen molar-refractivity contribution in [3.63, 3.8) is 0 Å². The van der Waals surface area contributed by atoms with Gasteiger partial charge < -0.3 is 15.7 Å². The maximum absolute atomic E-state index is 13.9. The summed E-state index contributed by atoms with van der Waals surface area (Å²) in [6.45, 7) is 0. The van der Waals surface area contributed by atoms with E-state index in [4.69, 9.17) is 0 Å². The monoisotopic (exact) mass is 472 g/mol. The van der Waals surface area contributed by atoms with Crippen molar-refractivity contribution >= 4 is 45.2 Å². The van der Waals surface area contributed by atoms with Crippen LogP contribution >= 0.6 is 15.9 Å². The molecule has 2 amide bonds. The molecule has 0 spiro atoms. The molecule has 0 atom stereocenters. The molecule has 0 aliphatic carbocycles. The number of hydrogen-bond acceptors (Lipinski definition) is 3. The van der Waals surface area contributed by atoms with E-state index in [1.165, 1.54) is 60.7 Å². The Labute approximate surface area is 179 Å². The first-order valence-electron chi connectivity index (χ1n) is 8.67. The van der Waals surface area contributed by atoms with E-state index in [0.717, 1.165) is 12.1 Å². The molecule has 0 aromatic heterocycles. The molecule has 30 heavy (non-hydrogen) atoms. The summed E-state index contributed by atoms with van der Waals surface area (Å²) in [6, 6.07) is 15.3. The molecule has 3 rings (SSSR count). The smallest absolute Gasteiger partial charge is 0.261 e. The minimum Gasteiger partial charge on any atom is -0.507 e. The van der Waals surface area contributed by atoms with Gasteiger partial charge >= 0.3 is 0 Å². The van der Waals surface area contributed by atoms with Gasteiger partial charge in [-0.05, 0) is 64.0 Å². The summed E-state index contributed by atoms with van der Waals surface area (Å²) in [5.41, 5.74) is -0.209. The maximum atomic E-state index is 13.9. The van der Waals surface area contributed by atoms with Crippen molar-refractivity contribution in [2.75, 3.05) is 10.6 Å². The number of aromatic hydroxyl groups is 1. The van der Waals surface area contributed by atoms with Crippen molar-refractivity contribution in [1.82, 2.24) is 0 Å². The quantitative estimate of drug-likeness (QED) is 0.274. The highest BCUT2D eigenvalue weighted by Crippen LogP contribution is 2.26. The molecule has 3 aromatic carbocycles. The number of phenols is 1. The Balaban J connectivity index is 1.97. The van der Waals surface area contributed by atoms with Gasteiger partial charge in [0.25, 0.3) is 11.8 Å². The van der Waals surface area contributed by atoms with Crippen LogP contribution in [0.25, 0.3) is 6.08 Å². The van der Waals surface area contributed by atoms with Crippen molar-refractivity contribution in [3.8, 4) is 5.75 Å². The molecule has 5 nitrogen and oxygen atoms in total. The molecule has 0 heterocycles. The predicted molar refractivity (Wildman–Crippen MR) is 114 cm³/mol. The van der Waals surface area contributed by atoms with Gasteiger partial charge in [-0.15, -0.1) is 0 Å². The van der Waals surface area contributed by atoms with Gasteiger partial charge in [-0.2, -0.15) is 0 Å². The number of halogens is 3. The lowest BCUT2D eigenvalue weighted by atomic mass is 10.1. The normalized spacial score (nSPS) is 10.2. The Hall–Kier alpha value is -3.52.